The van der Waals surface area contributed by atoms with Crippen LogP contribution in [0.4, 0.5) is 9.18 Å². The number of aliphatic carboxylic acids is 1. The molecule has 4 rings (SSSR count). The third-order valence-electron chi connectivity index (χ3n) is 5.53. The molecule has 0 bridgehead atoms. The van der Waals surface area contributed by atoms with Gasteiger partial charge in [-0.2, -0.15) is 0 Å². The van der Waals surface area contributed by atoms with Crippen LogP contribution in [-0.2, 0) is 9.53 Å². The molecule has 3 aromatic carbocycles. The van der Waals surface area contributed by atoms with Gasteiger partial charge in [0.25, 0.3) is 0 Å². The molecule has 0 saturated heterocycles. The Morgan fingerprint density at radius 3 is 2.16 bits per heavy atom. The van der Waals surface area contributed by atoms with Crippen molar-refractivity contribution in [1.29, 1.82) is 0 Å². The summed E-state index contributed by atoms with van der Waals surface area (Å²) in [6.07, 6.45) is -0.845. The Morgan fingerprint density at radius 1 is 1.03 bits per heavy atom. The maximum atomic E-state index is 13.7. The van der Waals surface area contributed by atoms with E-state index in [0.29, 0.717) is 0 Å². The molecule has 0 fully saturated rings. The summed E-state index contributed by atoms with van der Waals surface area (Å²) in [5.41, 5.74) is 4.24. The number of fused-ring (bicyclic) bond motifs is 3. The molecule has 3 aromatic rings. The van der Waals surface area contributed by atoms with E-state index >= 15 is 0 Å². The van der Waals surface area contributed by atoms with Crippen LogP contribution in [0.2, 0.25) is 0 Å². The molecule has 0 saturated carbocycles. The number of halogens is 1. The maximum absolute atomic E-state index is 13.7. The first-order valence-electron chi connectivity index (χ1n) is 9.67. The minimum Gasteiger partial charge on any atom is -0.505 e. The van der Waals surface area contributed by atoms with Crippen LogP contribution in [0.15, 0.2) is 66.7 Å². The van der Waals surface area contributed by atoms with E-state index in [9.17, 15) is 24.2 Å². The molecule has 1 unspecified atom stereocenters. The normalized spacial score (nSPS) is 13.2. The second-order valence-corrected chi connectivity index (χ2v) is 7.37. The third-order valence-corrected chi connectivity index (χ3v) is 5.53. The molecule has 0 radical (unpaired) electrons. The van der Waals surface area contributed by atoms with Gasteiger partial charge in [0, 0.05) is 13.0 Å². The van der Waals surface area contributed by atoms with Gasteiger partial charge in [0.2, 0.25) is 0 Å². The maximum Gasteiger partial charge on any atom is 0.410 e. The van der Waals surface area contributed by atoms with Gasteiger partial charge in [0.1, 0.15) is 6.61 Å². The molecule has 0 aliphatic heterocycles. The number of carboxylic acids is 1. The van der Waals surface area contributed by atoms with Crippen molar-refractivity contribution in [2.24, 2.45) is 0 Å². The number of carboxylic acid groups (broad SMARTS) is 1. The monoisotopic (exact) mass is 421 g/mol. The lowest BCUT2D eigenvalue weighted by Crippen LogP contribution is -2.36. The molecule has 31 heavy (non-hydrogen) atoms. The fraction of sp³-hybridized carbons (Fsp3) is 0.167. The molecule has 7 heteroatoms. The van der Waals surface area contributed by atoms with E-state index in [2.05, 4.69) is 0 Å². The molecular weight excluding hydrogens is 401 g/mol. The Hall–Kier alpha value is -3.87. The molecule has 1 amide bonds. The zero-order valence-corrected chi connectivity index (χ0v) is 16.7. The summed E-state index contributed by atoms with van der Waals surface area (Å²) in [6, 6.07) is 17.5. The van der Waals surface area contributed by atoms with Gasteiger partial charge in [-0.1, -0.05) is 54.6 Å². The minimum atomic E-state index is -1.47. The van der Waals surface area contributed by atoms with Crippen LogP contribution in [-0.4, -0.2) is 40.8 Å². The largest absolute Gasteiger partial charge is 0.505 e. The van der Waals surface area contributed by atoms with Gasteiger partial charge in [-0.15, -0.1) is 0 Å². The van der Waals surface area contributed by atoms with E-state index in [0.717, 1.165) is 39.3 Å². The molecule has 1 atom stereocenters. The van der Waals surface area contributed by atoms with Gasteiger partial charge in [-0.25, -0.2) is 14.0 Å². The topological polar surface area (TPSA) is 87.1 Å². The first-order valence-corrected chi connectivity index (χ1v) is 9.67. The van der Waals surface area contributed by atoms with Crippen molar-refractivity contribution < 1.29 is 28.9 Å². The summed E-state index contributed by atoms with van der Waals surface area (Å²) in [5, 5.41) is 19.0. The quantitative estimate of drug-likeness (QED) is 0.632. The highest BCUT2D eigenvalue weighted by Crippen LogP contribution is 2.44. The highest BCUT2D eigenvalue weighted by atomic mass is 19.1. The van der Waals surface area contributed by atoms with E-state index in [-0.39, 0.29) is 18.1 Å². The van der Waals surface area contributed by atoms with Crippen molar-refractivity contribution in [2.45, 2.75) is 12.0 Å². The van der Waals surface area contributed by atoms with E-state index in [4.69, 9.17) is 4.74 Å². The van der Waals surface area contributed by atoms with E-state index in [1.807, 2.05) is 48.5 Å². The second-order valence-electron chi connectivity index (χ2n) is 7.37. The van der Waals surface area contributed by atoms with E-state index in [1.165, 1.54) is 13.1 Å². The smallest absolute Gasteiger partial charge is 0.410 e. The zero-order chi connectivity index (χ0) is 22.1. The van der Waals surface area contributed by atoms with Crippen LogP contribution in [0.3, 0.4) is 0 Å². The van der Waals surface area contributed by atoms with Crippen molar-refractivity contribution in [3.63, 3.8) is 0 Å². The van der Waals surface area contributed by atoms with Gasteiger partial charge in [0.15, 0.2) is 17.6 Å². The number of benzene rings is 3. The lowest BCUT2D eigenvalue weighted by Gasteiger charge is -2.25. The van der Waals surface area contributed by atoms with Crippen molar-refractivity contribution in [1.82, 2.24) is 4.90 Å². The van der Waals surface area contributed by atoms with Crippen molar-refractivity contribution in [2.75, 3.05) is 13.7 Å². The standard InChI is InChI=1S/C24H20FNO5/c1-26(22(23(28)29)14-10-11-21(27)20(25)12-14)24(30)31-13-19-17-8-4-2-6-15(17)16-7-3-5-9-18(16)19/h2-12,19,22,27H,13H2,1H3,(H,28,29). The first-order chi connectivity index (χ1) is 14.9. The molecule has 1 aliphatic rings. The van der Waals surface area contributed by atoms with Crippen molar-refractivity contribution in [3.05, 3.63) is 89.2 Å². The summed E-state index contributed by atoms with van der Waals surface area (Å²) >= 11 is 0. The number of likely N-dealkylation sites (N-methyl/N-ethyl adjacent to an activating group) is 1. The fourth-order valence-corrected chi connectivity index (χ4v) is 4.03. The number of hydrogen-bond donors (Lipinski definition) is 2. The number of hydrogen-bond acceptors (Lipinski definition) is 4. The predicted molar refractivity (Wildman–Crippen MR) is 111 cm³/mol. The van der Waals surface area contributed by atoms with Gasteiger partial charge < -0.3 is 14.9 Å². The molecule has 0 spiro atoms. The minimum absolute atomic E-state index is 0.0128. The van der Waals surface area contributed by atoms with Crippen molar-refractivity contribution >= 4 is 12.1 Å². The number of carbonyl (C=O) groups excluding carboxylic acids is 1. The zero-order valence-electron chi connectivity index (χ0n) is 16.7. The van der Waals surface area contributed by atoms with Crippen LogP contribution in [0, 0.1) is 5.82 Å². The summed E-state index contributed by atoms with van der Waals surface area (Å²) in [6.45, 7) is 0.0352. The van der Waals surface area contributed by atoms with Crippen LogP contribution in [0.1, 0.15) is 28.7 Å². The number of amides is 1. The number of ether oxygens (including phenoxy) is 1. The highest BCUT2D eigenvalue weighted by molar-refractivity contribution is 5.82. The van der Waals surface area contributed by atoms with Gasteiger partial charge in [0.05, 0.1) is 0 Å². The Morgan fingerprint density at radius 2 is 1.61 bits per heavy atom. The van der Waals surface area contributed by atoms with Crippen LogP contribution in [0.25, 0.3) is 11.1 Å². The van der Waals surface area contributed by atoms with Crippen LogP contribution in [0.5, 0.6) is 5.75 Å². The average molecular weight is 421 g/mol. The van der Waals surface area contributed by atoms with Crippen LogP contribution < -0.4 is 0 Å². The number of aromatic hydroxyl groups is 1. The summed E-state index contributed by atoms with van der Waals surface area (Å²) in [7, 11) is 1.28. The Labute approximate surface area is 178 Å². The molecule has 0 heterocycles. The second kappa shape index (κ2) is 8.10. The molecule has 2 N–H and O–H groups in total. The number of phenolic OH excluding ortho intramolecular Hbond substituents is 1. The molecule has 6 nitrogen and oxygen atoms in total. The Kier molecular flexibility index (Phi) is 5.33. The molecule has 1 aliphatic carbocycles. The SMILES string of the molecule is CN(C(=O)OCC1c2ccccc2-c2ccccc21)C(C(=O)O)c1ccc(O)c(F)c1. The molecule has 158 valence electrons. The number of nitrogens with zero attached hydrogens (tertiary/aromatic N) is 1. The predicted octanol–water partition coefficient (Wildman–Crippen LogP) is 4.54. The highest BCUT2D eigenvalue weighted by Gasteiger charge is 2.33. The van der Waals surface area contributed by atoms with Crippen LogP contribution >= 0.6 is 0 Å². The Balaban J connectivity index is 1.54. The molecular formula is C24H20FNO5. The summed E-state index contributed by atoms with van der Waals surface area (Å²) in [4.78, 5) is 25.4. The number of phenols is 1. The third kappa shape index (κ3) is 3.70. The van der Waals surface area contributed by atoms with E-state index < -0.39 is 29.7 Å². The molecule has 0 aromatic heterocycles. The van der Waals surface area contributed by atoms with Gasteiger partial charge >= 0.3 is 12.1 Å². The van der Waals surface area contributed by atoms with E-state index in [1.54, 1.807) is 0 Å². The number of carbonyl (C=O) groups is 2. The fourth-order valence-electron chi connectivity index (χ4n) is 4.03. The lowest BCUT2D eigenvalue weighted by molar-refractivity contribution is -0.142. The summed E-state index contributed by atoms with van der Waals surface area (Å²) < 4.78 is 19.2. The van der Waals surface area contributed by atoms with Crippen molar-refractivity contribution in [3.8, 4) is 16.9 Å². The van der Waals surface area contributed by atoms with Gasteiger partial charge in [-0.3, -0.25) is 4.90 Å². The summed E-state index contributed by atoms with van der Waals surface area (Å²) in [5.74, 6) is -3.08. The lowest BCUT2D eigenvalue weighted by atomic mass is 9.98. The van der Waals surface area contributed by atoms with Gasteiger partial charge in [-0.05, 0) is 39.9 Å². The average Bonchev–Trinajstić information content (AvgIpc) is 3.08. The number of rotatable bonds is 5. The first kappa shape index (κ1) is 20.4. The Bertz CT molecular complexity index is 1120.